The van der Waals surface area contributed by atoms with E-state index in [0.717, 1.165) is 0 Å². The average molecular weight is 217 g/mol. The number of hydrogen-bond acceptors (Lipinski definition) is 5. The summed E-state index contributed by atoms with van der Waals surface area (Å²) in [4.78, 5) is 32.3. The van der Waals surface area contributed by atoms with Crippen LogP contribution in [-0.2, 0) is 14.3 Å². The van der Waals surface area contributed by atoms with Gasteiger partial charge < -0.3 is 4.74 Å². The molecule has 0 N–H and O–H groups in total. The number of carbonyl (C=O) groups is 2. The molecule has 6 nitrogen and oxygen atoms in total. The summed E-state index contributed by atoms with van der Waals surface area (Å²) in [6, 6.07) is 0. The van der Waals surface area contributed by atoms with E-state index in [0.29, 0.717) is 0 Å². The zero-order valence-electron chi connectivity index (χ0n) is 9.11. The highest BCUT2D eigenvalue weighted by Gasteiger charge is 2.41. The summed E-state index contributed by atoms with van der Waals surface area (Å²) in [5.74, 6) is -0.957. The third-order valence-corrected chi connectivity index (χ3v) is 2.57. The second-order valence-electron chi connectivity index (χ2n) is 3.43. The van der Waals surface area contributed by atoms with E-state index >= 15 is 0 Å². The van der Waals surface area contributed by atoms with E-state index in [1.807, 2.05) is 0 Å². The van der Waals surface area contributed by atoms with Crippen molar-refractivity contribution in [3.8, 4) is 0 Å². The Hall–Kier alpha value is -1.46. The molecular formula is C9H15NO5. The average Bonchev–Trinajstić information content (AvgIpc) is 2.15. The van der Waals surface area contributed by atoms with Gasteiger partial charge in [0.2, 0.25) is 6.54 Å². The first-order valence-corrected chi connectivity index (χ1v) is 4.57. The molecule has 0 amide bonds. The summed E-state index contributed by atoms with van der Waals surface area (Å²) in [5, 5.41) is 10.4. The molecule has 0 aliphatic carbocycles. The molecule has 0 aromatic heterocycles. The van der Waals surface area contributed by atoms with Crippen LogP contribution in [0.2, 0.25) is 0 Å². The molecule has 15 heavy (non-hydrogen) atoms. The summed E-state index contributed by atoms with van der Waals surface area (Å²) in [6.07, 6.45) is 0.00866. The van der Waals surface area contributed by atoms with Crippen molar-refractivity contribution in [2.75, 3.05) is 13.7 Å². The third-order valence-electron chi connectivity index (χ3n) is 2.57. The van der Waals surface area contributed by atoms with E-state index in [2.05, 4.69) is 4.74 Å². The number of methoxy groups -OCH3 is 1. The summed E-state index contributed by atoms with van der Waals surface area (Å²) < 4.78 is 4.43. The lowest BCUT2D eigenvalue weighted by Crippen LogP contribution is -2.38. The molecule has 0 aromatic carbocycles. The van der Waals surface area contributed by atoms with Crippen molar-refractivity contribution in [2.45, 2.75) is 26.7 Å². The van der Waals surface area contributed by atoms with Crippen LogP contribution < -0.4 is 0 Å². The van der Waals surface area contributed by atoms with Crippen LogP contribution in [0.15, 0.2) is 0 Å². The molecule has 1 unspecified atom stereocenters. The first kappa shape index (κ1) is 13.5. The van der Waals surface area contributed by atoms with Crippen LogP contribution in [0.5, 0.6) is 0 Å². The van der Waals surface area contributed by atoms with Crippen LogP contribution in [0.3, 0.4) is 0 Å². The van der Waals surface area contributed by atoms with Gasteiger partial charge in [0.15, 0.2) is 0 Å². The first-order chi connectivity index (χ1) is 6.88. The van der Waals surface area contributed by atoms with Gasteiger partial charge in [0.25, 0.3) is 0 Å². The monoisotopic (exact) mass is 217 g/mol. The quantitative estimate of drug-likeness (QED) is 0.373. The molecule has 0 radical (unpaired) electrons. The molecule has 0 rings (SSSR count). The lowest BCUT2D eigenvalue weighted by Gasteiger charge is -2.23. The van der Waals surface area contributed by atoms with E-state index in [-0.39, 0.29) is 18.6 Å². The maximum Gasteiger partial charge on any atom is 0.306 e. The minimum absolute atomic E-state index is 0.240. The van der Waals surface area contributed by atoms with Gasteiger partial charge in [-0.05, 0) is 13.3 Å². The standard InChI is InChI=1S/C9H15NO5/c1-4-9(7(2)11,6-10(13)14)5-8(12)15-3/h4-6H2,1-3H3. The number of nitrogens with zero attached hydrogens (tertiary/aromatic N) is 1. The van der Waals surface area contributed by atoms with Crippen LogP contribution in [-0.4, -0.2) is 30.3 Å². The minimum Gasteiger partial charge on any atom is -0.469 e. The Morgan fingerprint density at radius 2 is 2.00 bits per heavy atom. The SMILES string of the molecule is CCC(CC(=O)OC)(C[N+](=O)[O-])C(C)=O. The Labute approximate surface area is 87.7 Å². The summed E-state index contributed by atoms with van der Waals surface area (Å²) in [5.41, 5.74) is -1.23. The fourth-order valence-electron chi connectivity index (χ4n) is 1.37. The topological polar surface area (TPSA) is 86.5 Å². The van der Waals surface area contributed by atoms with Gasteiger partial charge in [-0.1, -0.05) is 6.92 Å². The van der Waals surface area contributed by atoms with Crippen LogP contribution in [0.4, 0.5) is 0 Å². The van der Waals surface area contributed by atoms with Crippen molar-refractivity contribution >= 4 is 11.8 Å². The fraction of sp³-hybridized carbons (Fsp3) is 0.778. The molecule has 0 aliphatic rings. The fourth-order valence-corrected chi connectivity index (χ4v) is 1.37. The van der Waals surface area contributed by atoms with Gasteiger partial charge in [-0.2, -0.15) is 0 Å². The Morgan fingerprint density at radius 3 is 2.27 bits per heavy atom. The molecular weight excluding hydrogens is 202 g/mol. The molecule has 0 fully saturated rings. The normalized spacial score (nSPS) is 14.1. The Balaban J connectivity index is 4.89. The number of ketones is 1. The molecule has 1 atom stereocenters. The van der Waals surface area contributed by atoms with Crippen molar-refractivity contribution in [1.29, 1.82) is 0 Å². The van der Waals surface area contributed by atoms with Crippen molar-refractivity contribution in [2.24, 2.45) is 5.41 Å². The smallest absolute Gasteiger partial charge is 0.306 e. The number of rotatable bonds is 6. The highest BCUT2D eigenvalue weighted by Crippen LogP contribution is 2.28. The number of hydrogen-bond donors (Lipinski definition) is 0. The van der Waals surface area contributed by atoms with Gasteiger partial charge in [-0.3, -0.25) is 19.7 Å². The van der Waals surface area contributed by atoms with Crippen LogP contribution in [0.25, 0.3) is 0 Å². The highest BCUT2D eigenvalue weighted by atomic mass is 16.6. The van der Waals surface area contributed by atoms with E-state index < -0.39 is 22.9 Å². The molecule has 0 heterocycles. The van der Waals surface area contributed by atoms with Crippen LogP contribution in [0.1, 0.15) is 26.7 Å². The van der Waals surface area contributed by atoms with Gasteiger partial charge in [0, 0.05) is 4.92 Å². The first-order valence-electron chi connectivity index (χ1n) is 4.57. The van der Waals surface area contributed by atoms with Gasteiger partial charge in [-0.25, -0.2) is 0 Å². The predicted molar refractivity (Wildman–Crippen MR) is 51.9 cm³/mol. The maximum absolute atomic E-state index is 11.4. The number of esters is 1. The van der Waals surface area contributed by atoms with Gasteiger partial charge in [0.05, 0.1) is 13.5 Å². The van der Waals surface area contributed by atoms with Crippen molar-refractivity contribution < 1.29 is 19.2 Å². The summed E-state index contributed by atoms with van der Waals surface area (Å²) in [6.45, 7) is 2.37. The molecule has 86 valence electrons. The lowest BCUT2D eigenvalue weighted by atomic mass is 9.78. The maximum atomic E-state index is 11.4. The zero-order valence-corrected chi connectivity index (χ0v) is 9.11. The Morgan fingerprint density at radius 1 is 1.47 bits per heavy atom. The van der Waals surface area contributed by atoms with E-state index in [1.165, 1.54) is 14.0 Å². The number of nitro groups is 1. The largest absolute Gasteiger partial charge is 0.469 e. The number of Topliss-reactive ketones (excluding diaryl/α,β-unsaturated/α-hetero) is 1. The van der Waals surface area contributed by atoms with E-state index in [4.69, 9.17) is 0 Å². The second kappa shape index (κ2) is 5.43. The minimum atomic E-state index is -1.23. The van der Waals surface area contributed by atoms with Gasteiger partial charge in [0.1, 0.15) is 11.2 Å². The van der Waals surface area contributed by atoms with Crippen LogP contribution >= 0.6 is 0 Å². The molecule has 0 spiro atoms. The van der Waals surface area contributed by atoms with E-state index in [1.54, 1.807) is 6.92 Å². The Bertz CT molecular complexity index is 276. The highest BCUT2D eigenvalue weighted by molar-refractivity contribution is 5.87. The van der Waals surface area contributed by atoms with Crippen molar-refractivity contribution in [3.63, 3.8) is 0 Å². The summed E-state index contributed by atoms with van der Waals surface area (Å²) in [7, 11) is 1.19. The second-order valence-corrected chi connectivity index (χ2v) is 3.43. The Kier molecular flexibility index (Phi) is 4.90. The molecule has 0 saturated carbocycles. The van der Waals surface area contributed by atoms with Crippen LogP contribution in [0, 0.1) is 15.5 Å². The van der Waals surface area contributed by atoms with Crippen molar-refractivity contribution in [3.05, 3.63) is 10.1 Å². The van der Waals surface area contributed by atoms with Gasteiger partial charge in [-0.15, -0.1) is 0 Å². The molecule has 6 heteroatoms. The third kappa shape index (κ3) is 3.65. The van der Waals surface area contributed by atoms with E-state index in [9.17, 15) is 19.7 Å². The van der Waals surface area contributed by atoms with Crippen molar-refractivity contribution in [1.82, 2.24) is 0 Å². The zero-order chi connectivity index (χ0) is 12.1. The number of ether oxygens (including phenoxy) is 1. The summed E-state index contributed by atoms with van der Waals surface area (Å²) >= 11 is 0. The lowest BCUT2D eigenvalue weighted by molar-refractivity contribution is -0.494. The predicted octanol–water partition coefficient (Wildman–Crippen LogP) is 0.812. The molecule has 0 aliphatic heterocycles. The number of carbonyl (C=O) groups excluding carboxylic acids is 2. The molecule has 0 bridgehead atoms. The molecule has 0 saturated heterocycles. The van der Waals surface area contributed by atoms with Gasteiger partial charge >= 0.3 is 5.97 Å². The molecule has 0 aromatic rings.